The first-order valence-corrected chi connectivity index (χ1v) is 8.28. The number of thioether (sulfide) groups is 1. The second-order valence-corrected chi connectivity index (χ2v) is 6.53. The topological polar surface area (TPSA) is 60.9 Å². The number of carbonyl (C=O) groups excluding carboxylic acids is 2. The van der Waals surface area contributed by atoms with Crippen molar-refractivity contribution >= 4 is 23.6 Å². The molecule has 2 fully saturated rings. The van der Waals surface area contributed by atoms with Crippen LogP contribution in [0.4, 0.5) is 4.39 Å². The largest absolute Gasteiger partial charge is 0.391 e. The van der Waals surface area contributed by atoms with E-state index in [1.54, 1.807) is 17.0 Å². The van der Waals surface area contributed by atoms with Crippen molar-refractivity contribution < 1.29 is 19.1 Å². The second-order valence-electron chi connectivity index (χ2n) is 5.58. The molecular weight excluding hydrogens is 307 g/mol. The van der Waals surface area contributed by atoms with E-state index in [1.165, 1.54) is 28.8 Å². The maximum absolute atomic E-state index is 13.4. The number of hydrogen-bond acceptors (Lipinski definition) is 4. The Hall–Kier alpha value is -1.60. The summed E-state index contributed by atoms with van der Waals surface area (Å²) in [6, 6.07) is 5.74. The summed E-state index contributed by atoms with van der Waals surface area (Å²) in [6.45, 7) is 0.236. The van der Waals surface area contributed by atoms with Crippen molar-refractivity contribution in [2.75, 3.05) is 24.7 Å². The molecule has 0 bridgehead atoms. The molecule has 22 heavy (non-hydrogen) atoms. The molecule has 2 heterocycles. The van der Waals surface area contributed by atoms with Crippen molar-refractivity contribution in [1.29, 1.82) is 0 Å². The molecule has 2 amide bonds. The fourth-order valence-corrected chi connectivity index (χ4v) is 3.82. The van der Waals surface area contributed by atoms with Gasteiger partial charge in [-0.1, -0.05) is 12.1 Å². The van der Waals surface area contributed by atoms with Crippen LogP contribution in [-0.4, -0.2) is 57.5 Å². The smallest absolute Gasteiger partial charge is 0.242 e. The van der Waals surface area contributed by atoms with Gasteiger partial charge in [0.15, 0.2) is 0 Å². The monoisotopic (exact) mass is 324 g/mol. The number of β-amino-alcohol motifs (C(OH)–C–C–N with tert-alkyl or cyclic N) is 1. The minimum atomic E-state index is -0.624. The number of aliphatic hydroxyl groups is 1. The molecule has 2 aliphatic heterocycles. The molecule has 1 N–H and O–H groups in total. The molecule has 0 aromatic heterocycles. The summed E-state index contributed by atoms with van der Waals surface area (Å²) < 4.78 is 13.4. The van der Waals surface area contributed by atoms with E-state index in [9.17, 15) is 19.1 Å². The fraction of sp³-hybridized carbons (Fsp3) is 0.467. The Morgan fingerprint density at radius 3 is 2.95 bits per heavy atom. The first-order chi connectivity index (χ1) is 10.5. The van der Waals surface area contributed by atoms with Crippen LogP contribution in [0.15, 0.2) is 24.3 Å². The SMILES string of the molecule is O=C1CSCN1CC(=O)N1CC(O)CC1c1cccc(F)c1. The Bertz CT molecular complexity index is 598. The number of hydrogen-bond donors (Lipinski definition) is 1. The first-order valence-electron chi connectivity index (χ1n) is 7.13. The molecule has 118 valence electrons. The second kappa shape index (κ2) is 6.26. The highest BCUT2D eigenvalue weighted by Gasteiger charge is 2.36. The maximum atomic E-state index is 13.4. The lowest BCUT2D eigenvalue weighted by Gasteiger charge is -2.27. The normalized spacial score (nSPS) is 25.1. The van der Waals surface area contributed by atoms with Crippen LogP contribution in [0.25, 0.3) is 0 Å². The number of amides is 2. The lowest BCUT2D eigenvalue weighted by molar-refractivity contribution is -0.138. The highest BCUT2D eigenvalue weighted by Crippen LogP contribution is 2.32. The van der Waals surface area contributed by atoms with E-state index in [1.807, 2.05) is 0 Å². The van der Waals surface area contributed by atoms with Crippen molar-refractivity contribution in [2.24, 2.45) is 0 Å². The predicted octanol–water partition coefficient (Wildman–Crippen LogP) is 0.993. The number of benzene rings is 1. The number of carbonyl (C=O) groups is 2. The van der Waals surface area contributed by atoms with Gasteiger partial charge in [-0.3, -0.25) is 9.59 Å². The molecule has 2 atom stereocenters. The number of nitrogens with zero attached hydrogens (tertiary/aromatic N) is 2. The zero-order chi connectivity index (χ0) is 15.7. The molecule has 0 aliphatic carbocycles. The third-order valence-electron chi connectivity index (χ3n) is 3.98. The van der Waals surface area contributed by atoms with E-state index in [4.69, 9.17) is 0 Å². The van der Waals surface area contributed by atoms with Gasteiger partial charge in [0.25, 0.3) is 0 Å². The minimum absolute atomic E-state index is 0.0182. The van der Waals surface area contributed by atoms with E-state index in [2.05, 4.69) is 0 Å². The van der Waals surface area contributed by atoms with Crippen LogP contribution in [0.2, 0.25) is 0 Å². The molecule has 2 unspecified atom stereocenters. The van der Waals surface area contributed by atoms with Crippen LogP contribution in [0.1, 0.15) is 18.0 Å². The Labute approximate surface area is 132 Å². The van der Waals surface area contributed by atoms with Gasteiger partial charge >= 0.3 is 0 Å². The quantitative estimate of drug-likeness (QED) is 0.901. The maximum Gasteiger partial charge on any atom is 0.242 e. The molecule has 0 spiro atoms. The number of aliphatic hydroxyl groups excluding tert-OH is 1. The molecule has 2 saturated heterocycles. The average Bonchev–Trinajstić information content (AvgIpc) is 3.05. The van der Waals surface area contributed by atoms with Crippen LogP contribution < -0.4 is 0 Å². The molecule has 0 saturated carbocycles. The average molecular weight is 324 g/mol. The summed E-state index contributed by atoms with van der Waals surface area (Å²) in [4.78, 5) is 27.2. The van der Waals surface area contributed by atoms with Gasteiger partial charge in [-0.05, 0) is 24.1 Å². The van der Waals surface area contributed by atoms with E-state index >= 15 is 0 Å². The Morgan fingerprint density at radius 1 is 1.45 bits per heavy atom. The van der Waals surface area contributed by atoms with Crippen molar-refractivity contribution in [1.82, 2.24) is 9.80 Å². The number of rotatable bonds is 3. The van der Waals surface area contributed by atoms with E-state index in [0.29, 0.717) is 23.6 Å². The van der Waals surface area contributed by atoms with Crippen LogP contribution in [0.5, 0.6) is 0 Å². The van der Waals surface area contributed by atoms with Crippen LogP contribution >= 0.6 is 11.8 Å². The Balaban J connectivity index is 1.75. The van der Waals surface area contributed by atoms with Crippen LogP contribution in [0.3, 0.4) is 0 Å². The zero-order valence-electron chi connectivity index (χ0n) is 11.9. The van der Waals surface area contributed by atoms with Gasteiger partial charge in [0.2, 0.25) is 11.8 Å². The van der Waals surface area contributed by atoms with Crippen molar-refractivity contribution in [3.05, 3.63) is 35.6 Å². The molecular formula is C15H17FN2O3S. The van der Waals surface area contributed by atoms with Gasteiger partial charge in [0.1, 0.15) is 12.4 Å². The molecule has 7 heteroatoms. The van der Waals surface area contributed by atoms with E-state index in [0.717, 1.165) is 0 Å². The van der Waals surface area contributed by atoms with Gasteiger partial charge in [-0.15, -0.1) is 11.8 Å². The van der Waals surface area contributed by atoms with Gasteiger partial charge in [0.05, 0.1) is 23.8 Å². The van der Waals surface area contributed by atoms with Gasteiger partial charge in [-0.25, -0.2) is 4.39 Å². The Kier molecular flexibility index (Phi) is 4.35. The van der Waals surface area contributed by atoms with E-state index in [-0.39, 0.29) is 36.8 Å². The van der Waals surface area contributed by atoms with Crippen molar-refractivity contribution in [3.63, 3.8) is 0 Å². The third kappa shape index (κ3) is 3.10. The molecule has 2 aliphatic rings. The highest BCUT2D eigenvalue weighted by molar-refractivity contribution is 8.00. The summed E-state index contributed by atoms with van der Waals surface area (Å²) in [7, 11) is 0. The van der Waals surface area contributed by atoms with Gasteiger partial charge < -0.3 is 14.9 Å². The van der Waals surface area contributed by atoms with Gasteiger partial charge in [-0.2, -0.15) is 0 Å². The van der Waals surface area contributed by atoms with Crippen molar-refractivity contribution in [2.45, 2.75) is 18.6 Å². The molecule has 5 nitrogen and oxygen atoms in total. The summed E-state index contributed by atoms with van der Waals surface area (Å²) in [5.41, 5.74) is 0.673. The fourth-order valence-electron chi connectivity index (χ4n) is 2.91. The molecule has 0 radical (unpaired) electrons. The summed E-state index contributed by atoms with van der Waals surface area (Å²) in [6.07, 6.45) is -0.237. The van der Waals surface area contributed by atoms with Crippen LogP contribution in [-0.2, 0) is 9.59 Å². The standard InChI is InChI=1S/C15H17FN2O3S/c16-11-3-1-2-10(4-11)13-5-12(19)6-18(13)14(20)7-17-9-22-8-15(17)21/h1-4,12-13,19H,5-9H2. The van der Waals surface area contributed by atoms with Crippen LogP contribution in [0, 0.1) is 5.82 Å². The van der Waals surface area contributed by atoms with E-state index < -0.39 is 6.10 Å². The zero-order valence-corrected chi connectivity index (χ0v) is 12.8. The number of likely N-dealkylation sites (tertiary alicyclic amines) is 1. The summed E-state index contributed by atoms with van der Waals surface area (Å²) in [5, 5.41) is 9.89. The lowest BCUT2D eigenvalue weighted by atomic mass is 10.0. The Morgan fingerprint density at radius 2 is 2.27 bits per heavy atom. The number of halogens is 1. The highest BCUT2D eigenvalue weighted by atomic mass is 32.2. The third-order valence-corrected chi connectivity index (χ3v) is 4.93. The summed E-state index contributed by atoms with van der Waals surface area (Å²) in [5.74, 6) is 0.314. The van der Waals surface area contributed by atoms with Crippen molar-refractivity contribution in [3.8, 4) is 0 Å². The predicted molar refractivity (Wildman–Crippen MR) is 80.5 cm³/mol. The molecule has 1 aromatic rings. The van der Waals surface area contributed by atoms with Gasteiger partial charge in [0, 0.05) is 6.54 Å². The first kappa shape index (κ1) is 15.3. The lowest BCUT2D eigenvalue weighted by Crippen LogP contribution is -2.41. The molecule has 1 aromatic carbocycles. The minimum Gasteiger partial charge on any atom is -0.391 e. The molecule has 3 rings (SSSR count). The summed E-state index contributed by atoms with van der Waals surface area (Å²) >= 11 is 1.48.